The van der Waals surface area contributed by atoms with Gasteiger partial charge in [-0.05, 0) is 23.6 Å². The maximum atomic E-state index is 5.26. The predicted molar refractivity (Wildman–Crippen MR) is 77.4 cm³/mol. The van der Waals surface area contributed by atoms with Crippen LogP contribution in [-0.2, 0) is 4.74 Å². The van der Waals surface area contributed by atoms with Gasteiger partial charge in [0.15, 0.2) is 0 Å². The molecule has 0 unspecified atom stereocenters. The number of hydrogen-bond acceptors (Lipinski definition) is 1. The van der Waals surface area contributed by atoms with Crippen LogP contribution in [0.4, 0.5) is 0 Å². The molecule has 2 aromatic carbocycles. The summed E-state index contributed by atoms with van der Waals surface area (Å²) in [6.45, 7) is 3.44. The van der Waals surface area contributed by atoms with Crippen LogP contribution in [0.15, 0.2) is 60.7 Å². The normalized spacial score (nSPS) is 10.9. The highest BCUT2D eigenvalue weighted by Gasteiger charge is 1.95. The molecule has 0 saturated carbocycles. The standard InChI is InChI=1S/C17H18O/c1-2-18-14-6-7-15-10-12-17(13-11-15)16-8-4-3-5-9-16/h3-13H,2,14H2,1H3/b7-6+. The topological polar surface area (TPSA) is 9.23 Å². The third kappa shape index (κ3) is 3.57. The van der Waals surface area contributed by atoms with Gasteiger partial charge in [-0.15, -0.1) is 0 Å². The van der Waals surface area contributed by atoms with Crippen molar-refractivity contribution in [2.75, 3.05) is 13.2 Å². The number of rotatable bonds is 5. The fraction of sp³-hybridized carbons (Fsp3) is 0.176. The monoisotopic (exact) mass is 238 g/mol. The van der Waals surface area contributed by atoms with Crippen LogP contribution in [0, 0.1) is 0 Å². The highest BCUT2D eigenvalue weighted by atomic mass is 16.5. The molecule has 0 saturated heterocycles. The number of benzene rings is 2. The van der Waals surface area contributed by atoms with E-state index >= 15 is 0 Å². The van der Waals surface area contributed by atoms with Crippen LogP contribution in [0.1, 0.15) is 12.5 Å². The Balaban J connectivity index is 2.04. The Morgan fingerprint density at radius 2 is 1.56 bits per heavy atom. The van der Waals surface area contributed by atoms with Gasteiger partial charge in [0.1, 0.15) is 0 Å². The van der Waals surface area contributed by atoms with Crippen LogP contribution < -0.4 is 0 Å². The van der Waals surface area contributed by atoms with E-state index in [4.69, 9.17) is 4.74 Å². The average Bonchev–Trinajstić information content (AvgIpc) is 2.45. The lowest BCUT2D eigenvalue weighted by Crippen LogP contribution is -1.87. The van der Waals surface area contributed by atoms with E-state index in [2.05, 4.69) is 54.6 Å². The molecule has 18 heavy (non-hydrogen) atoms. The smallest absolute Gasteiger partial charge is 0.0650 e. The lowest BCUT2D eigenvalue weighted by Gasteiger charge is -2.01. The molecule has 1 nitrogen and oxygen atoms in total. The van der Waals surface area contributed by atoms with Gasteiger partial charge in [-0.2, -0.15) is 0 Å². The predicted octanol–water partition coefficient (Wildman–Crippen LogP) is 4.40. The highest BCUT2D eigenvalue weighted by Crippen LogP contribution is 2.19. The van der Waals surface area contributed by atoms with Gasteiger partial charge in [-0.1, -0.05) is 66.7 Å². The Bertz CT molecular complexity index is 483. The first kappa shape index (κ1) is 12.6. The first-order valence-electron chi connectivity index (χ1n) is 6.30. The van der Waals surface area contributed by atoms with Crippen LogP contribution in [0.2, 0.25) is 0 Å². The largest absolute Gasteiger partial charge is 0.378 e. The molecule has 0 aliphatic carbocycles. The zero-order valence-electron chi connectivity index (χ0n) is 10.7. The second-order valence-electron chi connectivity index (χ2n) is 4.05. The van der Waals surface area contributed by atoms with E-state index in [1.165, 1.54) is 16.7 Å². The molecule has 0 radical (unpaired) electrons. The van der Waals surface area contributed by atoms with Crippen LogP contribution in [0.3, 0.4) is 0 Å². The number of ether oxygens (including phenoxy) is 1. The van der Waals surface area contributed by atoms with Crippen molar-refractivity contribution >= 4 is 6.08 Å². The van der Waals surface area contributed by atoms with Crippen LogP contribution >= 0.6 is 0 Å². The van der Waals surface area contributed by atoms with Crippen molar-refractivity contribution in [1.29, 1.82) is 0 Å². The van der Waals surface area contributed by atoms with E-state index in [9.17, 15) is 0 Å². The van der Waals surface area contributed by atoms with Gasteiger partial charge in [-0.3, -0.25) is 0 Å². The molecule has 2 aromatic rings. The molecule has 1 heteroatoms. The lowest BCUT2D eigenvalue weighted by atomic mass is 10.0. The Kier molecular flexibility index (Phi) is 4.74. The summed E-state index contributed by atoms with van der Waals surface area (Å²) in [7, 11) is 0. The fourth-order valence-electron chi connectivity index (χ4n) is 1.79. The van der Waals surface area contributed by atoms with Crippen molar-refractivity contribution < 1.29 is 4.74 Å². The molecule has 0 bridgehead atoms. The summed E-state index contributed by atoms with van der Waals surface area (Å²) in [6.07, 6.45) is 4.13. The van der Waals surface area contributed by atoms with Gasteiger partial charge in [0.2, 0.25) is 0 Å². The molecule has 0 atom stereocenters. The third-order valence-electron chi connectivity index (χ3n) is 2.75. The molecular weight excluding hydrogens is 220 g/mol. The number of hydrogen-bond donors (Lipinski definition) is 0. The molecule has 2 rings (SSSR count). The quantitative estimate of drug-likeness (QED) is 0.701. The van der Waals surface area contributed by atoms with E-state index in [0.717, 1.165) is 6.61 Å². The lowest BCUT2D eigenvalue weighted by molar-refractivity contribution is 0.178. The van der Waals surface area contributed by atoms with E-state index < -0.39 is 0 Å². The molecular formula is C17H18O. The summed E-state index contributed by atoms with van der Waals surface area (Å²) in [6, 6.07) is 19.0. The molecule has 0 aliphatic heterocycles. The van der Waals surface area contributed by atoms with Gasteiger partial charge in [0.05, 0.1) is 6.61 Å². The Morgan fingerprint density at radius 3 is 2.22 bits per heavy atom. The van der Waals surface area contributed by atoms with Crippen molar-refractivity contribution in [3.8, 4) is 11.1 Å². The van der Waals surface area contributed by atoms with Crippen LogP contribution in [-0.4, -0.2) is 13.2 Å². The van der Waals surface area contributed by atoms with E-state index in [1.54, 1.807) is 0 Å². The molecule has 0 aromatic heterocycles. The molecule has 92 valence electrons. The minimum atomic E-state index is 0.678. The van der Waals surface area contributed by atoms with Crippen molar-refractivity contribution in [2.24, 2.45) is 0 Å². The van der Waals surface area contributed by atoms with Crippen molar-refractivity contribution in [3.63, 3.8) is 0 Å². The van der Waals surface area contributed by atoms with E-state index in [-0.39, 0.29) is 0 Å². The molecule has 0 heterocycles. The first-order chi connectivity index (χ1) is 8.90. The summed E-state index contributed by atoms with van der Waals surface area (Å²) < 4.78 is 5.26. The Hall–Kier alpha value is -1.86. The zero-order chi connectivity index (χ0) is 12.6. The summed E-state index contributed by atoms with van der Waals surface area (Å²) in [5.41, 5.74) is 3.70. The van der Waals surface area contributed by atoms with Gasteiger partial charge < -0.3 is 4.74 Å². The third-order valence-corrected chi connectivity index (χ3v) is 2.75. The molecule has 0 fully saturated rings. The SMILES string of the molecule is CCOC/C=C/c1ccc(-c2ccccc2)cc1. The first-order valence-corrected chi connectivity index (χ1v) is 6.30. The fourth-order valence-corrected chi connectivity index (χ4v) is 1.79. The van der Waals surface area contributed by atoms with E-state index in [0.29, 0.717) is 6.61 Å². The van der Waals surface area contributed by atoms with Gasteiger partial charge in [0.25, 0.3) is 0 Å². The van der Waals surface area contributed by atoms with E-state index in [1.807, 2.05) is 19.1 Å². The zero-order valence-corrected chi connectivity index (χ0v) is 10.7. The molecule has 0 amide bonds. The van der Waals surface area contributed by atoms with Gasteiger partial charge in [-0.25, -0.2) is 0 Å². The van der Waals surface area contributed by atoms with Crippen LogP contribution in [0.25, 0.3) is 17.2 Å². The van der Waals surface area contributed by atoms with Gasteiger partial charge >= 0.3 is 0 Å². The van der Waals surface area contributed by atoms with Gasteiger partial charge in [0, 0.05) is 6.61 Å². The van der Waals surface area contributed by atoms with Crippen molar-refractivity contribution in [1.82, 2.24) is 0 Å². The van der Waals surface area contributed by atoms with Crippen molar-refractivity contribution in [2.45, 2.75) is 6.92 Å². The summed E-state index contributed by atoms with van der Waals surface area (Å²) in [5, 5.41) is 0. The second kappa shape index (κ2) is 6.77. The minimum absolute atomic E-state index is 0.678. The highest BCUT2D eigenvalue weighted by molar-refractivity contribution is 5.65. The molecule has 0 N–H and O–H groups in total. The summed E-state index contributed by atoms with van der Waals surface area (Å²) >= 11 is 0. The summed E-state index contributed by atoms with van der Waals surface area (Å²) in [4.78, 5) is 0. The Labute approximate surface area is 109 Å². The maximum absolute atomic E-state index is 5.26. The Morgan fingerprint density at radius 1 is 0.889 bits per heavy atom. The average molecular weight is 238 g/mol. The maximum Gasteiger partial charge on any atom is 0.0650 e. The van der Waals surface area contributed by atoms with Crippen molar-refractivity contribution in [3.05, 3.63) is 66.2 Å². The summed E-state index contributed by atoms with van der Waals surface area (Å²) in [5.74, 6) is 0. The minimum Gasteiger partial charge on any atom is -0.378 e. The molecule has 0 aliphatic rings. The molecule has 0 spiro atoms. The van der Waals surface area contributed by atoms with Crippen LogP contribution in [0.5, 0.6) is 0 Å². The second-order valence-corrected chi connectivity index (χ2v) is 4.05.